The molecule has 0 saturated carbocycles. The van der Waals surface area contributed by atoms with E-state index in [1.165, 1.54) is 27.7 Å². The zero-order valence-corrected chi connectivity index (χ0v) is 13.2. The Morgan fingerprint density at radius 3 is 1.83 bits per heavy atom. The van der Waals surface area contributed by atoms with Crippen molar-refractivity contribution in [1.29, 1.82) is 0 Å². The molecule has 0 aliphatic carbocycles. The van der Waals surface area contributed by atoms with Gasteiger partial charge in [-0.25, -0.2) is 8.78 Å². The molecule has 6 heteroatoms. The van der Waals surface area contributed by atoms with Gasteiger partial charge in [0.15, 0.2) is 5.60 Å². The van der Waals surface area contributed by atoms with Crippen molar-refractivity contribution >= 4 is 21.9 Å². The fraction of sp³-hybridized carbons (Fsp3) is 0.917. The van der Waals surface area contributed by atoms with Gasteiger partial charge in [-0.3, -0.25) is 4.79 Å². The molecule has 0 rings (SSSR count). The summed E-state index contributed by atoms with van der Waals surface area (Å²) in [7, 11) is 0. The predicted molar refractivity (Wildman–Crippen MR) is 69.0 cm³/mol. The van der Waals surface area contributed by atoms with E-state index in [2.05, 4.69) is 15.9 Å². The first-order chi connectivity index (χ1) is 7.69. The molecule has 0 saturated heterocycles. The molecule has 0 aromatic heterocycles. The first-order valence-electron chi connectivity index (χ1n) is 5.60. The van der Waals surface area contributed by atoms with Gasteiger partial charge in [0.1, 0.15) is 4.32 Å². The van der Waals surface area contributed by atoms with Gasteiger partial charge in [-0.05, 0) is 27.7 Å². The number of rotatable bonds is 5. The van der Waals surface area contributed by atoms with Crippen LogP contribution in [0.2, 0.25) is 0 Å². The summed E-state index contributed by atoms with van der Waals surface area (Å²) in [6.45, 7) is 7.05. The topological polar surface area (TPSA) is 46.5 Å². The van der Waals surface area contributed by atoms with Crippen molar-refractivity contribution < 1.29 is 23.4 Å². The number of carbonyl (C=O) groups excluding carboxylic acids is 1. The molecule has 108 valence electrons. The van der Waals surface area contributed by atoms with Gasteiger partial charge in [-0.2, -0.15) is 0 Å². The fourth-order valence-electron chi connectivity index (χ4n) is 1.33. The van der Waals surface area contributed by atoms with Gasteiger partial charge in [0.05, 0.1) is 12.0 Å². The molecule has 0 atom stereocenters. The molecule has 0 aromatic carbocycles. The van der Waals surface area contributed by atoms with E-state index >= 15 is 0 Å². The molecule has 1 N–H and O–H groups in total. The van der Waals surface area contributed by atoms with Gasteiger partial charge < -0.3 is 9.84 Å². The number of ether oxygens (including phenoxy) is 1. The molecule has 0 fully saturated rings. The summed E-state index contributed by atoms with van der Waals surface area (Å²) < 4.78 is 32.4. The molecule has 0 unspecified atom stereocenters. The third-order valence-corrected chi connectivity index (χ3v) is 3.16. The Morgan fingerprint density at radius 2 is 1.56 bits per heavy atom. The number of esters is 1. The Balaban J connectivity index is 5.22. The molecule has 18 heavy (non-hydrogen) atoms. The summed E-state index contributed by atoms with van der Waals surface area (Å²) in [4.78, 5) is 11.7. The predicted octanol–water partition coefficient (Wildman–Crippen LogP) is 3.14. The Hall–Kier alpha value is -0.230. The van der Waals surface area contributed by atoms with Gasteiger partial charge in [0.25, 0.3) is 5.92 Å². The van der Waals surface area contributed by atoms with Crippen molar-refractivity contribution in [3.05, 3.63) is 0 Å². The summed E-state index contributed by atoms with van der Waals surface area (Å²) in [5, 5.41) is 9.06. The van der Waals surface area contributed by atoms with Crippen LogP contribution in [0.3, 0.4) is 0 Å². The van der Waals surface area contributed by atoms with Crippen LogP contribution >= 0.6 is 15.9 Å². The molecule has 0 radical (unpaired) electrons. The standard InChI is InChI=1S/C12H21BrF2O3/c1-9(2,7-16)12(14,15)11(5,6)18-8(17)10(3,4)13/h16H,7H2,1-6H3. The first-order valence-corrected chi connectivity index (χ1v) is 6.39. The second-order valence-corrected chi connectivity index (χ2v) is 7.97. The van der Waals surface area contributed by atoms with Gasteiger partial charge >= 0.3 is 5.97 Å². The third-order valence-electron chi connectivity index (χ3n) is 2.83. The average Bonchev–Trinajstić information content (AvgIpc) is 2.14. The number of aliphatic hydroxyl groups excluding tert-OH is 1. The number of hydrogen-bond donors (Lipinski definition) is 1. The largest absolute Gasteiger partial charge is 0.452 e. The fourth-order valence-corrected chi connectivity index (χ4v) is 1.41. The Kier molecular flexibility index (Phi) is 4.97. The lowest BCUT2D eigenvalue weighted by molar-refractivity contribution is -0.246. The summed E-state index contributed by atoms with van der Waals surface area (Å²) in [5.74, 6) is -4.15. The van der Waals surface area contributed by atoms with Crippen LogP contribution in [0.15, 0.2) is 0 Å². The van der Waals surface area contributed by atoms with Crippen LogP contribution in [-0.2, 0) is 9.53 Å². The van der Waals surface area contributed by atoms with Crippen LogP contribution in [-0.4, -0.2) is 33.5 Å². The third kappa shape index (κ3) is 3.41. The van der Waals surface area contributed by atoms with E-state index in [0.29, 0.717) is 0 Å². The molecule has 0 aliphatic heterocycles. The van der Waals surface area contributed by atoms with Gasteiger partial charge in [0.2, 0.25) is 0 Å². The van der Waals surface area contributed by atoms with E-state index in [1.54, 1.807) is 0 Å². The Labute approximate surface area is 115 Å². The number of hydrogen-bond acceptors (Lipinski definition) is 3. The molecule has 3 nitrogen and oxygen atoms in total. The Bertz CT molecular complexity index is 320. The molecule has 0 aliphatic rings. The molecule has 0 bridgehead atoms. The van der Waals surface area contributed by atoms with E-state index in [4.69, 9.17) is 9.84 Å². The van der Waals surface area contributed by atoms with Crippen LogP contribution in [0, 0.1) is 5.41 Å². The van der Waals surface area contributed by atoms with E-state index in [9.17, 15) is 13.6 Å². The molecular formula is C12H21BrF2O3. The second-order valence-electron chi connectivity index (χ2n) is 5.99. The lowest BCUT2D eigenvalue weighted by Gasteiger charge is -2.43. The maximum absolute atomic E-state index is 14.3. The van der Waals surface area contributed by atoms with Crippen LogP contribution in [0.4, 0.5) is 8.78 Å². The lowest BCUT2D eigenvalue weighted by Crippen LogP contribution is -2.57. The summed E-state index contributed by atoms with van der Waals surface area (Å²) in [6, 6.07) is 0. The lowest BCUT2D eigenvalue weighted by atomic mass is 9.78. The monoisotopic (exact) mass is 330 g/mol. The number of carbonyl (C=O) groups is 1. The van der Waals surface area contributed by atoms with Gasteiger partial charge in [-0.15, -0.1) is 0 Å². The first kappa shape index (κ1) is 17.8. The highest BCUT2D eigenvalue weighted by molar-refractivity contribution is 9.10. The van der Waals surface area contributed by atoms with Crippen LogP contribution in [0.25, 0.3) is 0 Å². The SMILES string of the molecule is CC(C)(Br)C(=O)OC(C)(C)C(F)(F)C(C)(C)CO. The normalized spacial score (nSPS) is 14.6. The number of alkyl halides is 3. The minimum atomic E-state index is -3.37. The second kappa shape index (κ2) is 5.04. The van der Waals surface area contributed by atoms with Crippen molar-refractivity contribution in [2.24, 2.45) is 5.41 Å². The van der Waals surface area contributed by atoms with E-state index < -0.39 is 33.8 Å². The summed E-state index contributed by atoms with van der Waals surface area (Å²) in [6.07, 6.45) is 0. The smallest absolute Gasteiger partial charge is 0.323 e. The van der Waals surface area contributed by atoms with Crippen molar-refractivity contribution in [2.75, 3.05) is 6.61 Å². The quantitative estimate of drug-likeness (QED) is 0.622. The van der Waals surface area contributed by atoms with Gasteiger partial charge in [0, 0.05) is 0 Å². The van der Waals surface area contributed by atoms with Crippen molar-refractivity contribution in [3.63, 3.8) is 0 Å². The van der Waals surface area contributed by atoms with Crippen molar-refractivity contribution in [2.45, 2.75) is 57.4 Å². The van der Waals surface area contributed by atoms with Crippen LogP contribution in [0.5, 0.6) is 0 Å². The van der Waals surface area contributed by atoms with Gasteiger partial charge in [-0.1, -0.05) is 29.8 Å². The highest BCUT2D eigenvalue weighted by Gasteiger charge is 2.60. The number of aliphatic hydroxyl groups is 1. The average molecular weight is 331 g/mol. The molecule has 0 heterocycles. The maximum atomic E-state index is 14.3. The molecule has 0 spiro atoms. The molecular weight excluding hydrogens is 310 g/mol. The summed E-state index contributed by atoms with van der Waals surface area (Å²) >= 11 is 3.06. The highest BCUT2D eigenvalue weighted by atomic mass is 79.9. The van der Waals surface area contributed by atoms with Crippen LogP contribution < -0.4 is 0 Å². The maximum Gasteiger partial charge on any atom is 0.323 e. The van der Waals surface area contributed by atoms with E-state index in [0.717, 1.165) is 13.8 Å². The zero-order valence-electron chi connectivity index (χ0n) is 11.6. The molecule has 0 aromatic rings. The minimum Gasteiger partial charge on any atom is -0.452 e. The minimum absolute atomic E-state index is 0.710. The highest BCUT2D eigenvalue weighted by Crippen LogP contribution is 2.46. The number of halogens is 3. The van der Waals surface area contributed by atoms with Crippen molar-refractivity contribution in [3.8, 4) is 0 Å². The Morgan fingerprint density at radius 1 is 1.17 bits per heavy atom. The van der Waals surface area contributed by atoms with E-state index in [-0.39, 0.29) is 0 Å². The summed E-state index contributed by atoms with van der Waals surface area (Å²) in [5.41, 5.74) is -3.70. The van der Waals surface area contributed by atoms with E-state index in [1.807, 2.05) is 0 Å². The van der Waals surface area contributed by atoms with Crippen molar-refractivity contribution in [1.82, 2.24) is 0 Å². The zero-order chi connectivity index (χ0) is 15.0. The molecule has 0 amide bonds. The van der Waals surface area contributed by atoms with Crippen LogP contribution in [0.1, 0.15) is 41.5 Å².